The summed E-state index contributed by atoms with van der Waals surface area (Å²) in [4.78, 5) is 12.5. The number of carbonyl (C=O) groups excluding carboxylic acids is 1. The molecule has 0 heterocycles. The van der Waals surface area contributed by atoms with Crippen molar-refractivity contribution in [2.24, 2.45) is 23.2 Å². The number of hydrogen-bond acceptors (Lipinski definition) is 3. The highest BCUT2D eigenvalue weighted by Gasteiger charge is 2.57. The Morgan fingerprint density at radius 3 is 2.52 bits per heavy atom. The molecule has 23 heavy (non-hydrogen) atoms. The second-order valence-electron chi connectivity index (χ2n) is 8.37. The molecule has 0 unspecified atom stereocenters. The molecule has 0 aromatic heterocycles. The molecule has 4 aliphatic rings. The first-order valence-corrected chi connectivity index (χ1v) is 9.42. The third-order valence-corrected chi connectivity index (χ3v) is 7.73. The number of carbonyl (C=O) groups is 1. The third kappa shape index (κ3) is 2.05. The monoisotopic (exact) mass is 318 g/mol. The minimum atomic E-state index is -0.493. The number of methoxy groups -OCH3 is 2. The lowest BCUT2D eigenvalue weighted by Crippen LogP contribution is -2.50. The fraction of sp³-hybridized carbons (Fsp3) is 0.850. The van der Waals surface area contributed by atoms with Crippen LogP contribution in [0.1, 0.15) is 64.7 Å². The normalized spacial score (nSPS) is 42.2. The van der Waals surface area contributed by atoms with E-state index in [9.17, 15) is 4.79 Å². The van der Waals surface area contributed by atoms with E-state index in [2.05, 4.69) is 6.92 Å². The molecule has 0 saturated heterocycles. The summed E-state index contributed by atoms with van der Waals surface area (Å²) in [7, 11) is 3.60. The van der Waals surface area contributed by atoms with Crippen LogP contribution >= 0.6 is 0 Å². The molecular formula is C20H30O3. The van der Waals surface area contributed by atoms with E-state index in [-0.39, 0.29) is 5.41 Å². The van der Waals surface area contributed by atoms with Gasteiger partial charge in [-0.25, -0.2) is 0 Å². The molecular weight excluding hydrogens is 288 g/mol. The molecule has 4 rings (SSSR count). The highest BCUT2D eigenvalue weighted by atomic mass is 16.7. The SMILES string of the molecule is COC1(OC)CCCC2=C1[C@H]1CC[C@]3(C)C(=O)CC[C@H]3[C@@H]1CC2. The summed E-state index contributed by atoms with van der Waals surface area (Å²) in [5.74, 6) is 1.84. The van der Waals surface area contributed by atoms with Crippen LogP contribution in [0.25, 0.3) is 0 Å². The van der Waals surface area contributed by atoms with Crippen LogP contribution in [0.5, 0.6) is 0 Å². The molecule has 0 aliphatic heterocycles. The highest BCUT2D eigenvalue weighted by molar-refractivity contribution is 5.87. The highest BCUT2D eigenvalue weighted by Crippen LogP contribution is 2.61. The van der Waals surface area contributed by atoms with Gasteiger partial charge in [-0.1, -0.05) is 12.5 Å². The molecule has 0 aromatic carbocycles. The van der Waals surface area contributed by atoms with Gasteiger partial charge in [0, 0.05) is 32.5 Å². The number of fused-ring (bicyclic) bond motifs is 4. The van der Waals surface area contributed by atoms with E-state index in [0.29, 0.717) is 23.5 Å². The number of ketones is 1. The largest absolute Gasteiger partial charge is 0.349 e. The summed E-state index contributed by atoms with van der Waals surface area (Å²) >= 11 is 0. The van der Waals surface area contributed by atoms with Crippen LogP contribution in [-0.4, -0.2) is 25.8 Å². The predicted molar refractivity (Wildman–Crippen MR) is 88.9 cm³/mol. The molecule has 0 aromatic rings. The average molecular weight is 318 g/mol. The zero-order chi connectivity index (χ0) is 16.2. The van der Waals surface area contributed by atoms with Crippen molar-refractivity contribution in [3.8, 4) is 0 Å². The Hall–Kier alpha value is -0.670. The fourth-order valence-electron chi connectivity index (χ4n) is 6.55. The van der Waals surface area contributed by atoms with Crippen LogP contribution in [0.4, 0.5) is 0 Å². The van der Waals surface area contributed by atoms with Gasteiger partial charge < -0.3 is 9.47 Å². The van der Waals surface area contributed by atoms with Crippen LogP contribution in [0.3, 0.4) is 0 Å². The summed E-state index contributed by atoms with van der Waals surface area (Å²) in [6.45, 7) is 2.24. The van der Waals surface area contributed by atoms with Gasteiger partial charge in [0.25, 0.3) is 0 Å². The van der Waals surface area contributed by atoms with E-state index >= 15 is 0 Å². The van der Waals surface area contributed by atoms with Gasteiger partial charge in [-0.15, -0.1) is 0 Å². The van der Waals surface area contributed by atoms with E-state index < -0.39 is 5.79 Å². The smallest absolute Gasteiger partial charge is 0.190 e. The van der Waals surface area contributed by atoms with Crippen LogP contribution in [0, 0.1) is 23.2 Å². The van der Waals surface area contributed by atoms with E-state index in [1.54, 1.807) is 19.8 Å². The Bertz CT molecular complexity index is 545. The Morgan fingerprint density at radius 1 is 1.00 bits per heavy atom. The number of hydrogen-bond donors (Lipinski definition) is 0. The molecule has 128 valence electrons. The van der Waals surface area contributed by atoms with E-state index in [1.165, 1.54) is 24.8 Å². The van der Waals surface area contributed by atoms with E-state index in [0.717, 1.165) is 38.5 Å². The number of ether oxygens (including phenoxy) is 2. The lowest BCUT2D eigenvalue weighted by atomic mass is 9.53. The van der Waals surface area contributed by atoms with Gasteiger partial charge in [0.15, 0.2) is 5.79 Å². The quantitative estimate of drug-likeness (QED) is 0.563. The average Bonchev–Trinajstić information content (AvgIpc) is 2.89. The molecule has 0 radical (unpaired) electrons. The lowest BCUT2D eigenvalue weighted by molar-refractivity contribution is -0.197. The van der Waals surface area contributed by atoms with Gasteiger partial charge in [-0.05, 0) is 68.3 Å². The summed E-state index contributed by atoms with van der Waals surface area (Å²) in [6, 6.07) is 0. The van der Waals surface area contributed by atoms with Crippen LogP contribution in [0.2, 0.25) is 0 Å². The number of rotatable bonds is 2. The molecule has 3 nitrogen and oxygen atoms in total. The molecule has 2 fully saturated rings. The van der Waals surface area contributed by atoms with Gasteiger partial charge in [0.2, 0.25) is 0 Å². The van der Waals surface area contributed by atoms with Crippen LogP contribution in [0.15, 0.2) is 11.1 Å². The van der Waals surface area contributed by atoms with Crippen LogP contribution in [-0.2, 0) is 14.3 Å². The topological polar surface area (TPSA) is 35.5 Å². The molecule has 0 bridgehead atoms. The van der Waals surface area contributed by atoms with Gasteiger partial charge in [0.05, 0.1) is 0 Å². The van der Waals surface area contributed by atoms with Crippen molar-refractivity contribution in [2.75, 3.05) is 14.2 Å². The fourth-order valence-corrected chi connectivity index (χ4v) is 6.55. The van der Waals surface area contributed by atoms with Gasteiger partial charge in [0.1, 0.15) is 5.78 Å². The van der Waals surface area contributed by atoms with Crippen molar-refractivity contribution in [1.82, 2.24) is 0 Å². The minimum absolute atomic E-state index is 0.0449. The van der Waals surface area contributed by atoms with E-state index in [1.807, 2.05) is 0 Å². The zero-order valence-electron chi connectivity index (χ0n) is 14.8. The standard InChI is InChI=1S/C20H30O3/c1-19-12-10-15-14(16(19)8-9-17(19)21)7-6-13-5-4-11-20(22-2,23-3)18(13)15/h14-16H,4-12H2,1-3H3/t14-,15+,16+,19+/m1/s1. The van der Waals surface area contributed by atoms with Crippen molar-refractivity contribution < 1.29 is 14.3 Å². The molecule has 0 amide bonds. The molecule has 4 atom stereocenters. The maximum absolute atomic E-state index is 12.5. The summed E-state index contributed by atoms with van der Waals surface area (Å²) in [5, 5.41) is 0. The Kier molecular flexibility index (Phi) is 3.73. The van der Waals surface area contributed by atoms with Crippen molar-refractivity contribution in [1.29, 1.82) is 0 Å². The maximum atomic E-state index is 12.5. The molecule has 4 aliphatic carbocycles. The van der Waals surface area contributed by atoms with Crippen molar-refractivity contribution in [2.45, 2.75) is 70.5 Å². The summed E-state index contributed by atoms with van der Waals surface area (Å²) < 4.78 is 11.9. The Balaban J connectivity index is 1.73. The van der Waals surface area contributed by atoms with Crippen molar-refractivity contribution in [3.05, 3.63) is 11.1 Å². The second-order valence-corrected chi connectivity index (χ2v) is 8.37. The van der Waals surface area contributed by atoms with Crippen molar-refractivity contribution in [3.63, 3.8) is 0 Å². The lowest BCUT2D eigenvalue weighted by Gasteiger charge is -2.53. The molecule has 3 heteroatoms. The first kappa shape index (κ1) is 15.8. The molecule has 0 spiro atoms. The summed E-state index contributed by atoms with van der Waals surface area (Å²) in [5.41, 5.74) is 3.04. The van der Waals surface area contributed by atoms with Gasteiger partial charge in [-0.2, -0.15) is 0 Å². The molecule has 2 saturated carbocycles. The maximum Gasteiger partial charge on any atom is 0.190 e. The Labute approximate surface area is 139 Å². The summed E-state index contributed by atoms with van der Waals surface area (Å²) in [6.07, 6.45) is 9.90. The first-order valence-electron chi connectivity index (χ1n) is 9.42. The van der Waals surface area contributed by atoms with E-state index in [4.69, 9.17) is 9.47 Å². The van der Waals surface area contributed by atoms with Crippen molar-refractivity contribution >= 4 is 5.78 Å². The van der Waals surface area contributed by atoms with Crippen LogP contribution < -0.4 is 0 Å². The first-order chi connectivity index (χ1) is 11.1. The third-order valence-electron chi connectivity index (χ3n) is 7.73. The van der Waals surface area contributed by atoms with Gasteiger partial charge in [-0.3, -0.25) is 4.79 Å². The zero-order valence-corrected chi connectivity index (χ0v) is 14.8. The number of allylic oxidation sites excluding steroid dienone is 1. The number of Topliss-reactive ketones (excluding diaryl/α,β-unsaturated/α-hetero) is 1. The van der Waals surface area contributed by atoms with Gasteiger partial charge >= 0.3 is 0 Å². The minimum Gasteiger partial charge on any atom is -0.349 e. The molecule has 0 N–H and O–H groups in total. The Morgan fingerprint density at radius 2 is 1.78 bits per heavy atom. The second kappa shape index (κ2) is 5.42. The predicted octanol–water partition coefficient (Wildman–Crippen LogP) is 4.26.